The first-order valence-electron chi connectivity index (χ1n) is 8.18. The van der Waals surface area contributed by atoms with Crippen LogP contribution in [-0.4, -0.2) is 19.0 Å². The topological polar surface area (TPSA) is 44.4 Å². The summed E-state index contributed by atoms with van der Waals surface area (Å²) in [5.74, 6) is 0.0256. The molecule has 2 aromatic carbocycles. The molecule has 4 nitrogen and oxygen atoms in total. The normalized spacial score (nSPS) is 10.2. The molecule has 0 heterocycles. The average molecular weight is 311 g/mol. The van der Waals surface area contributed by atoms with Gasteiger partial charge in [0.15, 0.2) is 0 Å². The molecule has 0 unspecified atom stereocenters. The summed E-state index contributed by atoms with van der Waals surface area (Å²) < 4.78 is 0. The van der Waals surface area contributed by atoms with Gasteiger partial charge in [-0.3, -0.25) is 4.79 Å². The van der Waals surface area contributed by atoms with E-state index in [4.69, 9.17) is 0 Å². The van der Waals surface area contributed by atoms with Crippen molar-refractivity contribution in [1.82, 2.24) is 0 Å². The summed E-state index contributed by atoms with van der Waals surface area (Å²) in [7, 11) is 0. The fraction of sp³-hybridized carbons (Fsp3) is 0.316. The minimum absolute atomic E-state index is 0.0256. The Kier molecular flexibility index (Phi) is 6.03. The molecule has 2 N–H and O–H groups in total. The number of anilines is 4. The van der Waals surface area contributed by atoms with Gasteiger partial charge in [0.2, 0.25) is 5.91 Å². The molecule has 2 rings (SSSR count). The zero-order valence-corrected chi connectivity index (χ0v) is 14.1. The van der Waals surface area contributed by atoms with Crippen LogP contribution in [0.4, 0.5) is 22.7 Å². The van der Waals surface area contributed by atoms with Crippen LogP contribution >= 0.6 is 0 Å². The number of rotatable bonds is 7. The fourth-order valence-corrected chi connectivity index (χ4v) is 2.40. The maximum Gasteiger partial charge on any atom is 0.224 e. The minimum atomic E-state index is 0.0256. The smallest absolute Gasteiger partial charge is 0.224 e. The Bertz CT molecular complexity index is 616. The molecule has 0 radical (unpaired) electrons. The van der Waals surface area contributed by atoms with Crippen LogP contribution in [0.15, 0.2) is 48.5 Å². The number of carbonyl (C=O) groups is 1. The van der Waals surface area contributed by atoms with Crippen LogP contribution in [0.2, 0.25) is 0 Å². The van der Waals surface area contributed by atoms with E-state index in [1.54, 1.807) is 0 Å². The molecule has 0 fully saturated rings. The molecule has 0 saturated heterocycles. The maximum absolute atomic E-state index is 11.4. The Morgan fingerprint density at radius 3 is 1.78 bits per heavy atom. The molecule has 0 aliphatic heterocycles. The second-order valence-electron chi connectivity index (χ2n) is 5.32. The lowest BCUT2D eigenvalue weighted by molar-refractivity contribution is -0.115. The van der Waals surface area contributed by atoms with Crippen LogP contribution in [0.3, 0.4) is 0 Å². The molecule has 122 valence electrons. The van der Waals surface area contributed by atoms with Crippen LogP contribution < -0.4 is 15.5 Å². The molecule has 0 bridgehead atoms. The van der Waals surface area contributed by atoms with Crippen molar-refractivity contribution in [3.8, 4) is 0 Å². The molecular formula is C19H25N3O. The van der Waals surface area contributed by atoms with Crippen LogP contribution in [0, 0.1) is 0 Å². The largest absolute Gasteiger partial charge is 0.372 e. The second-order valence-corrected chi connectivity index (χ2v) is 5.32. The van der Waals surface area contributed by atoms with Gasteiger partial charge in [-0.05, 0) is 62.4 Å². The van der Waals surface area contributed by atoms with Gasteiger partial charge >= 0.3 is 0 Å². The average Bonchev–Trinajstić information content (AvgIpc) is 2.59. The molecular weight excluding hydrogens is 286 g/mol. The van der Waals surface area contributed by atoms with Gasteiger partial charge in [-0.25, -0.2) is 0 Å². The van der Waals surface area contributed by atoms with Crippen LogP contribution in [0.5, 0.6) is 0 Å². The Labute approximate surface area is 138 Å². The minimum Gasteiger partial charge on any atom is -0.372 e. The Hall–Kier alpha value is -2.49. The van der Waals surface area contributed by atoms with E-state index in [2.05, 4.69) is 53.6 Å². The molecule has 1 amide bonds. The van der Waals surface area contributed by atoms with Crippen LogP contribution in [0.25, 0.3) is 0 Å². The number of hydrogen-bond acceptors (Lipinski definition) is 3. The number of benzene rings is 2. The van der Waals surface area contributed by atoms with E-state index >= 15 is 0 Å². The SMILES string of the molecule is CCC(=O)Nc1ccc(Nc2ccc(N(CC)CC)cc2)cc1. The van der Waals surface area contributed by atoms with Gasteiger partial charge in [0, 0.05) is 42.3 Å². The van der Waals surface area contributed by atoms with E-state index in [1.165, 1.54) is 5.69 Å². The number of hydrogen-bond donors (Lipinski definition) is 2. The zero-order chi connectivity index (χ0) is 16.7. The van der Waals surface area contributed by atoms with Gasteiger partial charge in [0.25, 0.3) is 0 Å². The van der Waals surface area contributed by atoms with Crippen LogP contribution in [0.1, 0.15) is 27.2 Å². The maximum atomic E-state index is 11.4. The number of amides is 1. The van der Waals surface area contributed by atoms with Gasteiger partial charge in [0.05, 0.1) is 0 Å². The van der Waals surface area contributed by atoms with Gasteiger partial charge in [-0.15, -0.1) is 0 Å². The summed E-state index contributed by atoms with van der Waals surface area (Å²) in [5.41, 5.74) is 4.10. The second kappa shape index (κ2) is 8.22. The third-order valence-electron chi connectivity index (χ3n) is 3.77. The molecule has 0 spiro atoms. The first-order valence-corrected chi connectivity index (χ1v) is 8.18. The predicted molar refractivity (Wildman–Crippen MR) is 98.6 cm³/mol. The first-order chi connectivity index (χ1) is 11.2. The molecule has 0 saturated carbocycles. The lowest BCUT2D eigenvalue weighted by atomic mass is 10.2. The fourth-order valence-electron chi connectivity index (χ4n) is 2.40. The predicted octanol–water partition coefficient (Wildman–Crippen LogP) is 4.62. The highest BCUT2D eigenvalue weighted by Crippen LogP contribution is 2.22. The van der Waals surface area contributed by atoms with Crippen molar-refractivity contribution in [1.29, 1.82) is 0 Å². The van der Waals surface area contributed by atoms with Crippen molar-refractivity contribution < 1.29 is 4.79 Å². The van der Waals surface area contributed by atoms with Crippen molar-refractivity contribution in [3.05, 3.63) is 48.5 Å². The lowest BCUT2D eigenvalue weighted by Gasteiger charge is -2.21. The van der Waals surface area contributed by atoms with E-state index in [1.807, 2.05) is 31.2 Å². The summed E-state index contributed by atoms with van der Waals surface area (Å²) in [6.45, 7) is 8.18. The third-order valence-corrected chi connectivity index (χ3v) is 3.77. The van der Waals surface area contributed by atoms with Crippen molar-refractivity contribution in [3.63, 3.8) is 0 Å². The van der Waals surface area contributed by atoms with Gasteiger partial charge in [-0.2, -0.15) is 0 Å². The van der Waals surface area contributed by atoms with E-state index in [0.717, 1.165) is 30.2 Å². The van der Waals surface area contributed by atoms with Gasteiger partial charge in [-0.1, -0.05) is 6.92 Å². The van der Waals surface area contributed by atoms with E-state index in [9.17, 15) is 4.79 Å². The Morgan fingerprint density at radius 2 is 1.30 bits per heavy atom. The zero-order valence-electron chi connectivity index (χ0n) is 14.1. The Balaban J connectivity index is 2.00. The highest BCUT2D eigenvalue weighted by Gasteiger charge is 2.02. The van der Waals surface area contributed by atoms with Crippen molar-refractivity contribution in [2.45, 2.75) is 27.2 Å². The Morgan fingerprint density at radius 1 is 0.826 bits per heavy atom. The van der Waals surface area contributed by atoms with Crippen LogP contribution in [-0.2, 0) is 4.79 Å². The third kappa shape index (κ3) is 4.74. The summed E-state index contributed by atoms with van der Waals surface area (Å²) in [5, 5.41) is 6.21. The molecule has 0 aliphatic carbocycles. The summed E-state index contributed by atoms with van der Waals surface area (Å²) in [6.07, 6.45) is 0.485. The molecule has 4 heteroatoms. The summed E-state index contributed by atoms with van der Waals surface area (Å²) in [4.78, 5) is 13.7. The standard InChI is InChI=1S/C19H25N3O/c1-4-19(23)21-17-9-7-15(8-10-17)20-16-11-13-18(14-12-16)22(5-2)6-3/h7-14,20H,4-6H2,1-3H3,(H,21,23). The summed E-state index contributed by atoms with van der Waals surface area (Å²) >= 11 is 0. The first kappa shape index (κ1) is 16.9. The van der Waals surface area contributed by atoms with Crippen molar-refractivity contribution >= 4 is 28.7 Å². The van der Waals surface area contributed by atoms with Crippen molar-refractivity contribution in [2.75, 3.05) is 28.6 Å². The number of nitrogens with one attached hydrogen (secondary N) is 2. The quantitative estimate of drug-likeness (QED) is 0.784. The monoisotopic (exact) mass is 311 g/mol. The molecule has 0 aliphatic rings. The highest BCUT2D eigenvalue weighted by atomic mass is 16.1. The van der Waals surface area contributed by atoms with E-state index in [0.29, 0.717) is 6.42 Å². The summed E-state index contributed by atoms with van der Waals surface area (Å²) in [6, 6.07) is 16.2. The van der Waals surface area contributed by atoms with Gasteiger partial charge in [0.1, 0.15) is 0 Å². The molecule has 0 aromatic heterocycles. The van der Waals surface area contributed by atoms with Crippen molar-refractivity contribution in [2.24, 2.45) is 0 Å². The molecule has 23 heavy (non-hydrogen) atoms. The van der Waals surface area contributed by atoms with E-state index in [-0.39, 0.29) is 5.91 Å². The van der Waals surface area contributed by atoms with E-state index < -0.39 is 0 Å². The number of nitrogens with zero attached hydrogens (tertiary/aromatic N) is 1. The highest BCUT2D eigenvalue weighted by molar-refractivity contribution is 5.90. The molecule has 0 atom stereocenters. The lowest BCUT2D eigenvalue weighted by Crippen LogP contribution is -2.21. The van der Waals surface area contributed by atoms with Gasteiger partial charge < -0.3 is 15.5 Å². The molecule has 2 aromatic rings. The number of carbonyl (C=O) groups excluding carboxylic acids is 1.